The average molecular weight is 250 g/mol. The van der Waals surface area contributed by atoms with E-state index in [-0.39, 0.29) is 11.7 Å². The van der Waals surface area contributed by atoms with Crippen LogP contribution in [0.3, 0.4) is 0 Å². The standard InChI is InChI=1S/C12H18N4O2/c1-8-5-6-16(7-9(8)13)11-4-3-10(14-15-11)12(17)18-2/h3-4,8-9H,5-7,13H2,1-2H3. The molecule has 2 N–H and O–H groups in total. The average Bonchev–Trinajstić information content (AvgIpc) is 2.41. The Balaban J connectivity index is 2.08. The molecule has 1 aromatic rings. The van der Waals surface area contributed by atoms with Crippen molar-refractivity contribution in [2.75, 3.05) is 25.1 Å². The number of piperidine rings is 1. The molecule has 18 heavy (non-hydrogen) atoms. The summed E-state index contributed by atoms with van der Waals surface area (Å²) in [6.45, 7) is 3.85. The zero-order valence-corrected chi connectivity index (χ0v) is 10.7. The van der Waals surface area contributed by atoms with Gasteiger partial charge in [-0.2, -0.15) is 0 Å². The van der Waals surface area contributed by atoms with Gasteiger partial charge in [0.25, 0.3) is 0 Å². The fraction of sp³-hybridized carbons (Fsp3) is 0.583. The third-order valence-electron chi connectivity index (χ3n) is 3.39. The summed E-state index contributed by atoms with van der Waals surface area (Å²) < 4.78 is 4.58. The molecule has 0 aliphatic carbocycles. The highest BCUT2D eigenvalue weighted by Gasteiger charge is 2.24. The molecule has 0 spiro atoms. The summed E-state index contributed by atoms with van der Waals surface area (Å²) in [5.41, 5.74) is 6.26. The second kappa shape index (κ2) is 5.30. The topological polar surface area (TPSA) is 81.3 Å². The van der Waals surface area contributed by atoms with Crippen LogP contribution in [-0.2, 0) is 4.74 Å². The Morgan fingerprint density at radius 1 is 1.50 bits per heavy atom. The SMILES string of the molecule is COC(=O)c1ccc(N2CCC(C)C(N)C2)nn1. The van der Waals surface area contributed by atoms with E-state index < -0.39 is 5.97 Å². The second-order valence-electron chi connectivity index (χ2n) is 4.64. The number of ether oxygens (including phenoxy) is 1. The van der Waals surface area contributed by atoms with Crippen molar-refractivity contribution in [1.82, 2.24) is 10.2 Å². The van der Waals surface area contributed by atoms with Crippen molar-refractivity contribution >= 4 is 11.8 Å². The van der Waals surface area contributed by atoms with E-state index >= 15 is 0 Å². The highest BCUT2D eigenvalue weighted by atomic mass is 16.5. The van der Waals surface area contributed by atoms with E-state index in [1.165, 1.54) is 7.11 Å². The smallest absolute Gasteiger partial charge is 0.358 e. The number of aromatic nitrogens is 2. The third-order valence-corrected chi connectivity index (χ3v) is 3.39. The lowest BCUT2D eigenvalue weighted by Crippen LogP contribution is -2.48. The first-order valence-corrected chi connectivity index (χ1v) is 6.04. The molecule has 0 aromatic carbocycles. The second-order valence-corrected chi connectivity index (χ2v) is 4.64. The number of anilines is 1. The molecule has 0 bridgehead atoms. The molecule has 1 aromatic heterocycles. The van der Waals surface area contributed by atoms with Crippen LogP contribution in [0.25, 0.3) is 0 Å². The maximum atomic E-state index is 11.2. The summed E-state index contributed by atoms with van der Waals surface area (Å²) in [6, 6.07) is 3.56. The summed E-state index contributed by atoms with van der Waals surface area (Å²) in [7, 11) is 1.32. The van der Waals surface area contributed by atoms with Crippen molar-refractivity contribution in [3.05, 3.63) is 17.8 Å². The molecule has 1 aliphatic heterocycles. The molecule has 0 radical (unpaired) electrons. The summed E-state index contributed by atoms with van der Waals surface area (Å²) in [4.78, 5) is 13.3. The number of carbonyl (C=O) groups excluding carboxylic acids is 1. The number of esters is 1. The van der Waals surface area contributed by atoms with Gasteiger partial charge in [0.05, 0.1) is 7.11 Å². The first-order chi connectivity index (χ1) is 8.61. The Kier molecular flexibility index (Phi) is 3.76. The first-order valence-electron chi connectivity index (χ1n) is 6.04. The van der Waals surface area contributed by atoms with Crippen LogP contribution in [0.1, 0.15) is 23.8 Å². The number of nitrogens with zero attached hydrogens (tertiary/aromatic N) is 3. The van der Waals surface area contributed by atoms with Gasteiger partial charge in [-0.25, -0.2) is 4.79 Å². The minimum Gasteiger partial charge on any atom is -0.464 e. The number of nitrogens with two attached hydrogens (primary N) is 1. The van der Waals surface area contributed by atoms with Crippen molar-refractivity contribution in [3.8, 4) is 0 Å². The monoisotopic (exact) mass is 250 g/mol. The fourth-order valence-electron chi connectivity index (χ4n) is 2.01. The van der Waals surface area contributed by atoms with Gasteiger partial charge in [-0.3, -0.25) is 0 Å². The molecule has 1 aliphatic rings. The van der Waals surface area contributed by atoms with Gasteiger partial charge in [0, 0.05) is 19.1 Å². The van der Waals surface area contributed by atoms with Gasteiger partial charge in [-0.15, -0.1) is 10.2 Å². The van der Waals surface area contributed by atoms with Crippen LogP contribution < -0.4 is 10.6 Å². The maximum Gasteiger partial charge on any atom is 0.358 e. The van der Waals surface area contributed by atoms with Crippen molar-refractivity contribution in [2.45, 2.75) is 19.4 Å². The number of carbonyl (C=O) groups is 1. The van der Waals surface area contributed by atoms with Crippen LogP contribution >= 0.6 is 0 Å². The Morgan fingerprint density at radius 2 is 2.28 bits per heavy atom. The number of hydrogen-bond acceptors (Lipinski definition) is 6. The number of methoxy groups -OCH3 is 1. The van der Waals surface area contributed by atoms with Crippen LogP contribution in [-0.4, -0.2) is 42.4 Å². The molecule has 6 heteroatoms. The summed E-state index contributed by atoms with van der Waals surface area (Å²) >= 11 is 0. The van der Waals surface area contributed by atoms with Crippen molar-refractivity contribution < 1.29 is 9.53 Å². The lowest BCUT2D eigenvalue weighted by atomic mass is 9.94. The van der Waals surface area contributed by atoms with E-state index in [4.69, 9.17) is 5.73 Å². The predicted octanol–water partition coefficient (Wildman–Crippen LogP) is 0.437. The Labute approximate surface area is 106 Å². The van der Waals surface area contributed by atoms with Gasteiger partial charge in [0.15, 0.2) is 11.5 Å². The van der Waals surface area contributed by atoms with Gasteiger partial charge < -0.3 is 15.4 Å². The zero-order chi connectivity index (χ0) is 13.1. The van der Waals surface area contributed by atoms with Gasteiger partial charge in [-0.1, -0.05) is 6.92 Å². The largest absolute Gasteiger partial charge is 0.464 e. The predicted molar refractivity (Wildman–Crippen MR) is 67.3 cm³/mol. The molecule has 6 nitrogen and oxygen atoms in total. The summed E-state index contributed by atoms with van der Waals surface area (Å²) in [5, 5.41) is 7.91. The molecule has 0 saturated carbocycles. The van der Waals surface area contributed by atoms with E-state index in [1.54, 1.807) is 12.1 Å². The minimum absolute atomic E-state index is 0.154. The van der Waals surface area contributed by atoms with E-state index in [0.717, 1.165) is 25.3 Å². The molecule has 1 saturated heterocycles. The van der Waals surface area contributed by atoms with Crippen LogP contribution in [0.15, 0.2) is 12.1 Å². The molecule has 2 rings (SSSR count). The van der Waals surface area contributed by atoms with Crippen LogP contribution in [0, 0.1) is 5.92 Å². The summed E-state index contributed by atoms with van der Waals surface area (Å²) in [6.07, 6.45) is 1.04. The first kappa shape index (κ1) is 12.8. The van der Waals surface area contributed by atoms with Crippen LogP contribution in [0.5, 0.6) is 0 Å². The van der Waals surface area contributed by atoms with Gasteiger partial charge >= 0.3 is 5.97 Å². The third kappa shape index (κ3) is 2.59. The maximum absolute atomic E-state index is 11.2. The summed E-state index contributed by atoms with van der Waals surface area (Å²) in [5.74, 6) is 0.812. The van der Waals surface area contributed by atoms with Crippen LogP contribution in [0.2, 0.25) is 0 Å². The van der Waals surface area contributed by atoms with E-state index in [1.807, 2.05) is 0 Å². The Bertz CT molecular complexity index is 421. The zero-order valence-electron chi connectivity index (χ0n) is 10.7. The van der Waals surface area contributed by atoms with Gasteiger partial charge in [-0.05, 0) is 24.5 Å². The van der Waals surface area contributed by atoms with E-state index in [2.05, 4.69) is 26.8 Å². The van der Waals surface area contributed by atoms with Gasteiger partial charge in [0.1, 0.15) is 0 Å². The van der Waals surface area contributed by atoms with E-state index in [0.29, 0.717) is 5.92 Å². The van der Waals surface area contributed by atoms with Crippen molar-refractivity contribution in [3.63, 3.8) is 0 Å². The molecule has 98 valence electrons. The molecule has 2 unspecified atom stereocenters. The minimum atomic E-state index is -0.474. The normalized spacial score (nSPS) is 23.8. The highest BCUT2D eigenvalue weighted by molar-refractivity contribution is 5.86. The highest BCUT2D eigenvalue weighted by Crippen LogP contribution is 2.20. The molecular weight excluding hydrogens is 232 g/mol. The lowest BCUT2D eigenvalue weighted by Gasteiger charge is -2.35. The number of hydrogen-bond donors (Lipinski definition) is 1. The number of rotatable bonds is 2. The quantitative estimate of drug-likeness (QED) is 0.767. The molecule has 0 amide bonds. The Hall–Kier alpha value is -1.69. The fourth-order valence-corrected chi connectivity index (χ4v) is 2.01. The molecule has 2 atom stereocenters. The molecular formula is C12H18N4O2. The van der Waals surface area contributed by atoms with E-state index in [9.17, 15) is 4.79 Å². The van der Waals surface area contributed by atoms with Crippen LogP contribution in [0.4, 0.5) is 5.82 Å². The van der Waals surface area contributed by atoms with Gasteiger partial charge in [0.2, 0.25) is 0 Å². The Morgan fingerprint density at radius 3 is 2.83 bits per heavy atom. The molecule has 2 heterocycles. The van der Waals surface area contributed by atoms with Crippen molar-refractivity contribution in [2.24, 2.45) is 11.7 Å². The molecule has 1 fully saturated rings. The van der Waals surface area contributed by atoms with Crippen molar-refractivity contribution in [1.29, 1.82) is 0 Å². The lowest BCUT2D eigenvalue weighted by molar-refractivity contribution is 0.0592.